The first kappa shape index (κ1) is 14.2. The third-order valence-electron chi connectivity index (χ3n) is 3.33. The molecule has 0 aliphatic carbocycles. The summed E-state index contributed by atoms with van der Waals surface area (Å²) in [7, 11) is 0. The molecular weight excluding hydrogens is 312 g/mol. The average molecular weight is 332 g/mol. The van der Waals surface area contributed by atoms with E-state index in [9.17, 15) is 0 Å². The second kappa shape index (κ2) is 5.42. The van der Waals surface area contributed by atoms with Gasteiger partial charge in [-0.2, -0.15) is 0 Å². The van der Waals surface area contributed by atoms with Crippen molar-refractivity contribution in [3.8, 4) is 5.75 Å². The van der Waals surface area contributed by atoms with Crippen LogP contribution in [0.4, 0.5) is 0 Å². The van der Waals surface area contributed by atoms with Crippen LogP contribution in [-0.2, 0) is 12.8 Å². The molecule has 1 unspecified atom stereocenters. The van der Waals surface area contributed by atoms with Crippen LogP contribution in [0.15, 0.2) is 12.1 Å². The number of rotatable bonds is 4. The van der Waals surface area contributed by atoms with Gasteiger partial charge in [0.15, 0.2) is 0 Å². The minimum Gasteiger partial charge on any atom is -0.493 e. The fourth-order valence-corrected chi connectivity index (χ4v) is 3.97. The minimum absolute atomic E-state index is 0.243. The van der Waals surface area contributed by atoms with Crippen molar-refractivity contribution in [1.29, 1.82) is 0 Å². The maximum absolute atomic E-state index is 6.20. The lowest BCUT2D eigenvalue weighted by Crippen LogP contribution is -2.19. The Morgan fingerprint density at radius 1 is 1.44 bits per heavy atom. The minimum atomic E-state index is 0.243. The molecule has 1 aromatic carbocycles. The van der Waals surface area contributed by atoms with Crippen LogP contribution in [0, 0.1) is 5.41 Å². The molecule has 18 heavy (non-hydrogen) atoms. The van der Waals surface area contributed by atoms with Crippen LogP contribution in [-0.4, -0.2) is 11.4 Å². The number of benzene rings is 1. The van der Waals surface area contributed by atoms with E-state index in [1.807, 2.05) is 6.07 Å². The predicted octanol–water partition coefficient (Wildman–Crippen LogP) is 5.02. The Bertz CT molecular complexity index is 440. The molecule has 0 saturated heterocycles. The van der Waals surface area contributed by atoms with Gasteiger partial charge in [-0.1, -0.05) is 48.3 Å². The molecule has 0 amide bonds. The topological polar surface area (TPSA) is 9.23 Å². The Morgan fingerprint density at radius 2 is 2.17 bits per heavy atom. The standard InChI is InChI=1S/C15H20BrClO/c1-10(16)8-15(2,3)9-12-7-13(17)6-11-4-5-18-14(11)12/h6-7,10H,4-5,8-9H2,1-3H3. The predicted molar refractivity (Wildman–Crippen MR) is 81.1 cm³/mol. The normalized spacial score (nSPS) is 16.3. The number of fused-ring (bicyclic) bond motifs is 1. The number of ether oxygens (including phenoxy) is 1. The van der Waals surface area contributed by atoms with Crippen LogP contribution in [0.3, 0.4) is 0 Å². The lowest BCUT2D eigenvalue weighted by Gasteiger charge is -2.27. The fraction of sp³-hybridized carbons (Fsp3) is 0.600. The monoisotopic (exact) mass is 330 g/mol. The Hall–Kier alpha value is -0.210. The quantitative estimate of drug-likeness (QED) is 0.704. The molecule has 0 fully saturated rings. The number of hydrogen-bond acceptors (Lipinski definition) is 1. The molecule has 1 nitrogen and oxygen atoms in total. The van der Waals surface area contributed by atoms with Crippen LogP contribution in [0.1, 0.15) is 38.3 Å². The molecule has 0 bridgehead atoms. The highest BCUT2D eigenvalue weighted by atomic mass is 79.9. The summed E-state index contributed by atoms with van der Waals surface area (Å²) in [5, 5.41) is 0.831. The van der Waals surface area contributed by atoms with Gasteiger partial charge in [0, 0.05) is 16.3 Å². The molecule has 100 valence electrons. The first-order valence-electron chi connectivity index (χ1n) is 6.45. The summed E-state index contributed by atoms with van der Waals surface area (Å²) < 4.78 is 5.77. The number of halogens is 2. The SMILES string of the molecule is CC(Br)CC(C)(C)Cc1cc(Cl)cc2c1OCC2. The highest BCUT2D eigenvalue weighted by Crippen LogP contribution is 2.38. The Kier molecular flexibility index (Phi) is 4.28. The molecule has 1 atom stereocenters. The Morgan fingerprint density at radius 3 is 2.83 bits per heavy atom. The summed E-state index contributed by atoms with van der Waals surface area (Å²) in [5.74, 6) is 1.08. The van der Waals surface area contributed by atoms with Gasteiger partial charge in [-0.15, -0.1) is 0 Å². The van der Waals surface area contributed by atoms with Gasteiger partial charge in [-0.25, -0.2) is 0 Å². The van der Waals surface area contributed by atoms with E-state index in [1.165, 1.54) is 11.1 Å². The molecule has 1 heterocycles. The second-order valence-electron chi connectivity index (χ2n) is 5.98. The largest absolute Gasteiger partial charge is 0.493 e. The smallest absolute Gasteiger partial charge is 0.125 e. The average Bonchev–Trinajstić information content (AvgIpc) is 2.61. The van der Waals surface area contributed by atoms with Crippen molar-refractivity contribution in [2.75, 3.05) is 6.61 Å². The summed E-state index contributed by atoms with van der Waals surface area (Å²) >= 11 is 9.84. The lowest BCUT2D eigenvalue weighted by molar-refractivity contribution is 0.317. The zero-order chi connectivity index (χ0) is 13.3. The zero-order valence-corrected chi connectivity index (χ0v) is 13.6. The highest BCUT2D eigenvalue weighted by molar-refractivity contribution is 9.09. The first-order chi connectivity index (χ1) is 8.37. The van der Waals surface area contributed by atoms with E-state index in [0.29, 0.717) is 4.83 Å². The molecule has 0 radical (unpaired) electrons. The van der Waals surface area contributed by atoms with Crippen LogP contribution >= 0.6 is 27.5 Å². The van der Waals surface area contributed by atoms with Crippen molar-refractivity contribution >= 4 is 27.5 Å². The van der Waals surface area contributed by atoms with Crippen molar-refractivity contribution < 1.29 is 4.74 Å². The zero-order valence-electron chi connectivity index (χ0n) is 11.2. The van der Waals surface area contributed by atoms with Crippen molar-refractivity contribution in [3.63, 3.8) is 0 Å². The summed E-state index contributed by atoms with van der Waals surface area (Å²) in [5.41, 5.74) is 2.76. The molecule has 2 rings (SSSR count). The van der Waals surface area contributed by atoms with Gasteiger partial charge in [0.05, 0.1) is 6.61 Å². The third kappa shape index (κ3) is 3.42. The molecule has 0 N–H and O–H groups in total. The van der Waals surface area contributed by atoms with Crippen LogP contribution in [0.25, 0.3) is 0 Å². The third-order valence-corrected chi connectivity index (χ3v) is 3.87. The summed E-state index contributed by atoms with van der Waals surface area (Å²) in [6.45, 7) is 7.58. The van der Waals surface area contributed by atoms with Crippen LogP contribution < -0.4 is 4.74 Å². The van der Waals surface area contributed by atoms with Crippen molar-refractivity contribution in [1.82, 2.24) is 0 Å². The molecule has 0 spiro atoms. The van der Waals surface area contributed by atoms with Gasteiger partial charge < -0.3 is 4.74 Å². The highest BCUT2D eigenvalue weighted by Gasteiger charge is 2.25. The maximum atomic E-state index is 6.20. The molecule has 1 aliphatic heterocycles. The molecule has 0 aromatic heterocycles. The van der Waals surface area contributed by atoms with E-state index in [1.54, 1.807) is 0 Å². The summed E-state index contributed by atoms with van der Waals surface area (Å²) in [4.78, 5) is 0.528. The molecule has 0 saturated carbocycles. The lowest BCUT2D eigenvalue weighted by atomic mass is 9.81. The molecule has 1 aromatic rings. The van der Waals surface area contributed by atoms with E-state index in [-0.39, 0.29) is 5.41 Å². The molecule has 1 aliphatic rings. The van der Waals surface area contributed by atoms with E-state index >= 15 is 0 Å². The van der Waals surface area contributed by atoms with Gasteiger partial charge in [-0.05, 0) is 41.5 Å². The fourth-order valence-electron chi connectivity index (χ4n) is 2.83. The van der Waals surface area contributed by atoms with Crippen LogP contribution in [0.5, 0.6) is 5.75 Å². The van der Waals surface area contributed by atoms with E-state index in [0.717, 1.165) is 36.6 Å². The van der Waals surface area contributed by atoms with Crippen molar-refractivity contribution in [2.45, 2.75) is 44.9 Å². The Labute approximate surface area is 123 Å². The van der Waals surface area contributed by atoms with E-state index in [2.05, 4.69) is 42.8 Å². The van der Waals surface area contributed by atoms with Crippen LogP contribution in [0.2, 0.25) is 5.02 Å². The van der Waals surface area contributed by atoms with Gasteiger partial charge in [0.25, 0.3) is 0 Å². The summed E-state index contributed by atoms with van der Waals surface area (Å²) in [6.07, 6.45) is 3.12. The van der Waals surface area contributed by atoms with Gasteiger partial charge in [-0.3, -0.25) is 0 Å². The number of hydrogen-bond donors (Lipinski definition) is 0. The number of alkyl halides is 1. The van der Waals surface area contributed by atoms with E-state index in [4.69, 9.17) is 16.3 Å². The van der Waals surface area contributed by atoms with E-state index < -0.39 is 0 Å². The molecule has 3 heteroatoms. The first-order valence-corrected chi connectivity index (χ1v) is 7.75. The summed E-state index contributed by atoms with van der Waals surface area (Å²) in [6, 6.07) is 4.10. The van der Waals surface area contributed by atoms with Crippen molar-refractivity contribution in [3.05, 3.63) is 28.3 Å². The maximum Gasteiger partial charge on any atom is 0.125 e. The van der Waals surface area contributed by atoms with Gasteiger partial charge in [0.2, 0.25) is 0 Å². The second-order valence-corrected chi connectivity index (χ2v) is 7.98. The Balaban J connectivity index is 2.24. The molecular formula is C15H20BrClO. The van der Waals surface area contributed by atoms with Gasteiger partial charge in [0.1, 0.15) is 5.75 Å². The van der Waals surface area contributed by atoms with Gasteiger partial charge >= 0.3 is 0 Å². The van der Waals surface area contributed by atoms with Crippen molar-refractivity contribution in [2.24, 2.45) is 5.41 Å².